The van der Waals surface area contributed by atoms with Crippen molar-refractivity contribution in [2.24, 2.45) is 11.3 Å². The first-order valence-electron chi connectivity index (χ1n) is 16.7. The second-order valence-electron chi connectivity index (χ2n) is 15.4. The summed E-state index contributed by atoms with van der Waals surface area (Å²) in [5.41, 5.74) is -1.70. The van der Waals surface area contributed by atoms with Crippen molar-refractivity contribution < 1.29 is 37.1 Å². The Morgan fingerprint density at radius 2 is 1.84 bits per heavy atom. The first-order valence-corrected chi connectivity index (χ1v) is 19.1. The number of aromatic nitrogens is 1. The summed E-state index contributed by atoms with van der Waals surface area (Å²) in [7, 11) is -3.89. The van der Waals surface area contributed by atoms with Gasteiger partial charge in [-0.05, 0) is 63.8 Å². The second kappa shape index (κ2) is 13.6. The number of aryl methyl sites for hydroxylation is 1. The molecule has 1 aliphatic heterocycles. The van der Waals surface area contributed by atoms with Crippen LogP contribution in [-0.2, 0) is 29.1 Å². The summed E-state index contributed by atoms with van der Waals surface area (Å²) >= 11 is 1.54. The average Bonchev–Trinajstić information content (AvgIpc) is 3.86. The number of likely N-dealkylation sites (tertiary alicyclic amines) is 1. The quantitative estimate of drug-likeness (QED) is 0.288. The van der Waals surface area contributed by atoms with Crippen LogP contribution in [0.25, 0.3) is 10.6 Å². The Kier molecular flexibility index (Phi) is 10.2. The largest absolute Gasteiger partial charge is 0.488 e. The number of thiophene rings is 1. The van der Waals surface area contributed by atoms with Gasteiger partial charge in [-0.1, -0.05) is 32.9 Å². The van der Waals surface area contributed by atoms with E-state index in [-0.39, 0.29) is 19.4 Å². The summed E-state index contributed by atoms with van der Waals surface area (Å²) in [4.78, 5) is 61.9. The fourth-order valence-corrected chi connectivity index (χ4v) is 8.13. The lowest BCUT2D eigenvalue weighted by Crippen LogP contribution is -2.60. The van der Waals surface area contributed by atoms with Gasteiger partial charge in [0, 0.05) is 30.2 Å². The molecule has 3 aliphatic rings. The number of sulfonamides is 1. The molecule has 0 spiro atoms. The molecule has 1 saturated heterocycles. The lowest BCUT2D eigenvalue weighted by Gasteiger charge is -2.36. The standard InChI is InChI=1S/C35H47N5O8S2/c1-9-21-18-35(21,31(43)39-50(45,46)24-12-13-24)38-29(41)26-17-23(47-22-15-20(2)36-25(16-22)27-11-10-14-49-27)19-40(26)30(42)28(33(3,4)5)37-32(44)48-34(6,7)8/h9-11,14-16,21,23-24,26,28H,1,12-13,17-19H2,2-8H3,(H,37,44)(H,38,41)(H,39,43). The molecule has 2 aromatic heterocycles. The first kappa shape index (κ1) is 37.3. The molecule has 2 aromatic rings. The zero-order valence-corrected chi connectivity index (χ0v) is 31.2. The van der Waals surface area contributed by atoms with E-state index in [1.807, 2.05) is 24.4 Å². The number of nitrogens with one attached hydrogen (secondary N) is 3. The van der Waals surface area contributed by atoms with Gasteiger partial charge in [-0.2, -0.15) is 0 Å². The van der Waals surface area contributed by atoms with Gasteiger partial charge in [0.25, 0.3) is 5.91 Å². The highest BCUT2D eigenvalue weighted by Gasteiger charge is 2.62. The molecule has 13 nitrogen and oxygen atoms in total. The molecule has 0 aromatic carbocycles. The second-order valence-corrected chi connectivity index (χ2v) is 18.3. The number of carbonyl (C=O) groups is 4. The smallest absolute Gasteiger partial charge is 0.408 e. The van der Waals surface area contributed by atoms with Crippen LogP contribution in [0.5, 0.6) is 5.75 Å². The third kappa shape index (κ3) is 8.48. The monoisotopic (exact) mass is 729 g/mol. The molecular formula is C35H47N5O8S2. The van der Waals surface area contributed by atoms with Crippen LogP contribution >= 0.6 is 11.3 Å². The minimum absolute atomic E-state index is 0.00462. The summed E-state index contributed by atoms with van der Waals surface area (Å²) in [6, 6.07) is 5.25. The van der Waals surface area contributed by atoms with Crippen LogP contribution in [0.4, 0.5) is 4.79 Å². The molecule has 5 unspecified atom stereocenters. The van der Waals surface area contributed by atoms with Gasteiger partial charge in [-0.15, -0.1) is 17.9 Å². The highest BCUT2D eigenvalue weighted by atomic mass is 32.2. The van der Waals surface area contributed by atoms with Crippen molar-refractivity contribution in [2.75, 3.05) is 6.54 Å². The number of ether oxygens (including phenoxy) is 2. The molecule has 3 fully saturated rings. The summed E-state index contributed by atoms with van der Waals surface area (Å²) in [6.07, 6.45) is 1.21. The summed E-state index contributed by atoms with van der Waals surface area (Å²) < 4.78 is 39.3. The number of alkyl carbamates (subject to hydrolysis) is 1. The van der Waals surface area contributed by atoms with Gasteiger partial charge >= 0.3 is 6.09 Å². The van der Waals surface area contributed by atoms with E-state index >= 15 is 0 Å². The van der Waals surface area contributed by atoms with E-state index in [4.69, 9.17) is 9.47 Å². The van der Waals surface area contributed by atoms with Crippen LogP contribution in [-0.4, -0.2) is 83.2 Å². The van der Waals surface area contributed by atoms with Crippen LogP contribution in [0.15, 0.2) is 42.3 Å². The fraction of sp³-hybridized carbons (Fsp3) is 0.571. The third-order valence-electron chi connectivity index (χ3n) is 8.87. The van der Waals surface area contributed by atoms with E-state index in [0.29, 0.717) is 18.6 Å². The van der Waals surface area contributed by atoms with Crippen molar-refractivity contribution in [2.45, 2.75) is 109 Å². The third-order valence-corrected chi connectivity index (χ3v) is 11.6. The van der Waals surface area contributed by atoms with Gasteiger partial charge in [-0.3, -0.25) is 24.1 Å². The number of hydrogen-bond donors (Lipinski definition) is 3. The number of nitrogens with zero attached hydrogens (tertiary/aromatic N) is 2. The number of carbonyl (C=O) groups excluding carboxylic acids is 4. The van der Waals surface area contributed by atoms with Crippen LogP contribution in [0.1, 0.15) is 72.9 Å². The Morgan fingerprint density at radius 1 is 1.14 bits per heavy atom. The Hall–Kier alpha value is -3.98. The Labute approximate surface area is 297 Å². The maximum absolute atomic E-state index is 14.4. The van der Waals surface area contributed by atoms with E-state index in [9.17, 15) is 27.6 Å². The Bertz CT molecular complexity index is 1760. The minimum atomic E-state index is -3.89. The topological polar surface area (TPSA) is 173 Å². The molecule has 2 aliphatic carbocycles. The molecule has 272 valence electrons. The summed E-state index contributed by atoms with van der Waals surface area (Å²) in [5, 5.41) is 6.81. The Balaban J connectivity index is 1.43. The normalized spacial score (nSPS) is 24.1. The van der Waals surface area contributed by atoms with Gasteiger partial charge in [0.1, 0.15) is 35.1 Å². The minimum Gasteiger partial charge on any atom is -0.488 e. The lowest BCUT2D eigenvalue weighted by atomic mass is 9.85. The zero-order valence-electron chi connectivity index (χ0n) is 29.6. The highest BCUT2D eigenvalue weighted by Crippen LogP contribution is 2.45. The molecule has 5 rings (SSSR count). The number of rotatable bonds is 11. The Morgan fingerprint density at radius 3 is 2.40 bits per heavy atom. The van der Waals surface area contributed by atoms with Crippen molar-refractivity contribution >= 4 is 45.2 Å². The van der Waals surface area contributed by atoms with Gasteiger partial charge in [0.15, 0.2) is 0 Å². The summed E-state index contributed by atoms with van der Waals surface area (Å²) in [6.45, 7) is 16.1. The van der Waals surface area contributed by atoms with Crippen molar-refractivity contribution in [3.05, 3.63) is 48.0 Å². The SMILES string of the molecule is C=CC1CC1(NC(=O)C1CC(Oc2cc(C)nc(-c3cccs3)c2)CN1C(=O)C(NC(=O)OC(C)(C)C)C(C)(C)C)C(=O)NS(=O)(=O)C1CC1. The van der Waals surface area contributed by atoms with Crippen molar-refractivity contribution in [1.82, 2.24) is 25.2 Å². The molecule has 15 heteroatoms. The van der Waals surface area contributed by atoms with E-state index in [1.165, 1.54) is 22.3 Å². The van der Waals surface area contributed by atoms with Gasteiger partial charge in [0.2, 0.25) is 21.8 Å². The van der Waals surface area contributed by atoms with Gasteiger partial charge in [0.05, 0.1) is 22.4 Å². The predicted octanol–water partition coefficient (Wildman–Crippen LogP) is 4.08. The first-order chi connectivity index (χ1) is 23.2. The average molecular weight is 730 g/mol. The molecule has 3 heterocycles. The van der Waals surface area contributed by atoms with Crippen LogP contribution < -0.4 is 20.1 Å². The van der Waals surface area contributed by atoms with Crippen molar-refractivity contribution in [3.63, 3.8) is 0 Å². The molecule has 50 heavy (non-hydrogen) atoms. The lowest BCUT2D eigenvalue weighted by molar-refractivity contribution is -0.143. The van der Waals surface area contributed by atoms with Crippen molar-refractivity contribution in [3.8, 4) is 16.3 Å². The van der Waals surface area contributed by atoms with Crippen LogP contribution in [0.3, 0.4) is 0 Å². The highest BCUT2D eigenvalue weighted by molar-refractivity contribution is 7.91. The molecule has 0 radical (unpaired) electrons. The number of amides is 4. The van der Waals surface area contributed by atoms with Crippen LogP contribution in [0, 0.1) is 18.3 Å². The molecule has 2 saturated carbocycles. The molecule has 5 atom stereocenters. The molecule has 3 N–H and O–H groups in total. The van der Waals surface area contributed by atoms with Gasteiger partial charge < -0.3 is 25.0 Å². The maximum atomic E-state index is 14.4. The maximum Gasteiger partial charge on any atom is 0.408 e. The molecule has 4 amide bonds. The summed E-state index contributed by atoms with van der Waals surface area (Å²) in [5.74, 6) is -2.02. The van der Waals surface area contributed by atoms with E-state index < -0.39 is 79.7 Å². The fourth-order valence-electron chi connectivity index (χ4n) is 6.08. The van der Waals surface area contributed by atoms with E-state index in [0.717, 1.165) is 16.3 Å². The molecule has 0 bridgehead atoms. The van der Waals surface area contributed by atoms with Crippen molar-refractivity contribution in [1.29, 1.82) is 0 Å². The molecular weight excluding hydrogens is 683 g/mol. The van der Waals surface area contributed by atoms with Gasteiger partial charge in [-0.25, -0.2) is 13.2 Å². The number of hydrogen-bond acceptors (Lipinski definition) is 10. The van der Waals surface area contributed by atoms with E-state index in [1.54, 1.807) is 53.7 Å². The van der Waals surface area contributed by atoms with E-state index in [2.05, 4.69) is 26.9 Å². The zero-order chi connectivity index (χ0) is 36.8. The number of pyridine rings is 1. The van der Waals surface area contributed by atoms with Crippen LogP contribution in [0.2, 0.25) is 0 Å². The predicted molar refractivity (Wildman–Crippen MR) is 189 cm³/mol.